The molecule has 2 amide bonds. The molecule has 0 fully saturated rings. The number of furan rings is 1. The Morgan fingerprint density at radius 1 is 1.14 bits per heavy atom. The van der Waals surface area contributed by atoms with Crippen molar-refractivity contribution in [3.8, 4) is 11.5 Å². The summed E-state index contributed by atoms with van der Waals surface area (Å²) in [6, 6.07) is 20.5. The molecule has 178 valence electrons. The van der Waals surface area contributed by atoms with E-state index in [0.29, 0.717) is 35.3 Å². The van der Waals surface area contributed by atoms with Crippen LogP contribution in [0.15, 0.2) is 77.4 Å². The first-order chi connectivity index (χ1) is 16.8. The smallest absolute Gasteiger partial charge is 0.273 e. The van der Waals surface area contributed by atoms with Crippen LogP contribution in [0.2, 0.25) is 5.02 Å². The fraction of sp³-hybridized carbons (Fsp3) is 0.222. The summed E-state index contributed by atoms with van der Waals surface area (Å²) in [6.07, 6.45) is 1.56. The van der Waals surface area contributed by atoms with Crippen LogP contribution in [0.1, 0.15) is 34.1 Å². The number of carbonyl (C=O) groups excluding carboxylic acids is 2. The van der Waals surface area contributed by atoms with Gasteiger partial charge in [0.05, 0.1) is 12.8 Å². The van der Waals surface area contributed by atoms with Gasteiger partial charge < -0.3 is 14.6 Å². The molecule has 0 aliphatic carbocycles. The van der Waals surface area contributed by atoms with Crippen molar-refractivity contribution in [1.29, 1.82) is 0 Å². The van der Waals surface area contributed by atoms with Gasteiger partial charge >= 0.3 is 0 Å². The third kappa shape index (κ3) is 4.35. The summed E-state index contributed by atoms with van der Waals surface area (Å²) in [6.45, 7) is 4.63. The van der Waals surface area contributed by atoms with Crippen LogP contribution >= 0.6 is 11.6 Å². The van der Waals surface area contributed by atoms with Crippen molar-refractivity contribution in [2.75, 3.05) is 0 Å². The first kappa shape index (κ1) is 22.9. The van der Waals surface area contributed by atoms with Gasteiger partial charge in [-0.05, 0) is 54.8 Å². The molecule has 5 rings (SSSR count). The van der Waals surface area contributed by atoms with Crippen molar-refractivity contribution in [3.63, 3.8) is 0 Å². The Balaban J connectivity index is 1.49. The molecule has 1 N–H and O–H groups in total. The average molecular weight is 489 g/mol. The van der Waals surface area contributed by atoms with Crippen LogP contribution in [-0.2, 0) is 24.4 Å². The van der Waals surface area contributed by atoms with Crippen LogP contribution < -0.4 is 5.32 Å². The molecular formula is C27H25ClN4O3. The van der Waals surface area contributed by atoms with Crippen molar-refractivity contribution in [2.45, 2.75) is 39.0 Å². The van der Waals surface area contributed by atoms with Crippen LogP contribution in [0, 0.1) is 6.92 Å². The molecule has 2 aromatic heterocycles. The molecule has 3 heterocycles. The van der Waals surface area contributed by atoms with E-state index in [9.17, 15) is 9.59 Å². The lowest BCUT2D eigenvalue weighted by atomic mass is 9.93. The molecular weight excluding hydrogens is 464 g/mol. The Bertz CT molecular complexity index is 1380. The van der Waals surface area contributed by atoms with Gasteiger partial charge in [0.1, 0.15) is 16.9 Å². The van der Waals surface area contributed by atoms with Crippen LogP contribution in [0.4, 0.5) is 0 Å². The van der Waals surface area contributed by atoms with Gasteiger partial charge in [0.2, 0.25) is 5.91 Å². The number of nitrogens with zero attached hydrogens (tertiary/aromatic N) is 3. The van der Waals surface area contributed by atoms with Crippen molar-refractivity contribution in [3.05, 3.63) is 100 Å². The maximum absolute atomic E-state index is 13.8. The number of aryl methyl sites for hydroxylation is 1. The van der Waals surface area contributed by atoms with Gasteiger partial charge in [-0.2, -0.15) is 5.10 Å². The molecule has 0 saturated heterocycles. The van der Waals surface area contributed by atoms with Gasteiger partial charge in [-0.3, -0.25) is 14.3 Å². The number of halogens is 1. The molecule has 1 aliphatic heterocycles. The monoisotopic (exact) mass is 488 g/mol. The first-order valence-electron chi connectivity index (χ1n) is 11.4. The van der Waals surface area contributed by atoms with Crippen molar-refractivity contribution in [2.24, 2.45) is 0 Å². The van der Waals surface area contributed by atoms with Crippen LogP contribution in [0.3, 0.4) is 0 Å². The molecule has 0 radical (unpaired) electrons. The number of aromatic nitrogens is 2. The molecule has 35 heavy (non-hydrogen) atoms. The topological polar surface area (TPSA) is 80.4 Å². The van der Waals surface area contributed by atoms with Crippen LogP contribution in [0.5, 0.6) is 0 Å². The standard InChI is InChI=1S/C27H25ClN4O3/c1-18-6-3-4-7-20(18)16-31-25(33)23-14-22(24-8-5-13-35-24)30-32(23)17-27(31,2)26(34)29-15-19-9-11-21(28)12-10-19/h3-14H,15-17H2,1-2H3,(H,29,34)/t27-/m1/s1. The second-order valence-corrected chi connectivity index (χ2v) is 9.39. The summed E-state index contributed by atoms with van der Waals surface area (Å²) in [5, 5.41) is 8.23. The van der Waals surface area contributed by atoms with Crippen molar-refractivity contribution in [1.82, 2.24) is 20.0 Å². The van der Waals surface area contributed by atoms with E-state index in [1.807, 2.05) is 43.3 Å². The Labute approximate surface area is 208 Å². The van der Waals surface area contributed by atoms with Crippen molar-refractivity contribution < 1.29 is 14.0 Å². The molecule has 2 aromatic carbocycles. The quantitative estimate of drug-likeness (QED) is 0.421. The number of fused-ring (bicyclic) bond motifs is 1. The third-order valence-electron chi connectivity index (χ3n) is 6.52. The molecule has 8 heteroatoms. The number of carbonyl (C=O) groups is 2. The highest BCUT2D eigenvalue weighted by Crippen LogP contribution is 2.32. The third-order valence-corrected chi connectivity index (χ3v) is 6.77. The second kappa shape index (κ2) is 9.07. The van der Waals surface area contributed by atoms with Gasteiger partial charge in [0.25, 0.3) is 5.91 Å². The number of benzene rings is 2. The number of nitrogens with one attached hydrogen (secondary N) is 1. The van der Waals surface area contributed by atoms with Crippen LogP contribution in [0.25, 0.3) is 11.5 Å². The van der Waals surface area contributed by atoms with E-state index in [1.54, 1.807) is 53.1 Å². The fourth-order valence-corrected chi connectivity index (χ4v) is 4.49. The van der Waals surface area contributed by atoms with E-state index >= 15 is 0 Å². The summed E-state index contributed by atoms with van der Waals surface area (Å²) in [5.74, 6) is 0.0584. The lowest BCUT2D eigenvalue weighted by molar-refractivity contribution is -0.133. The Kier molecular flexibility index (Phi) is 5.94. The minimum absolute atomic E-state index is 0.215. The maximum Gasteiger partial charge on any atom is 0.273 e. The molecule has 1 atom stereocenters. The molecule has 7 nitrogen and oxygen atoms in total. The zero-order valence-corrected chi connectivity index (χ0v) is 20.2. The van der Waals surface area contributed by atoms with Gasteiger partial charge in [0, 0.05) is 24.2 Å². The summed E-state index contributed by atoms with van der Waals surface area (Å²) >= 11 is 5.98. The van der Waals surface area contributed by atoms with Gasteiger partial charge in [-0.25, -0.2) is 0 Å². The van der Waals surface area contributed by atoms with Gasteiger partial charge in [-0.15, -0.1) is 0 Å². The minimum atomic E-state index is -1.16. The second-order valence-electron chi connectivity index (χ2n) is 8.95. The number of amides is 2. The zero-order valence-electron chi connectivity index (χ0n) is 19.5. The Hall–Kier alpha value is -3.84. The number of hydrogen-bond acceptors (Lipinski definition) is 4. The van der Waals surface area contributed by atoms with E-state index < -0.39 is 5.54 Å². The minimum Gasteiger partial charge on any atom is -0.463 e. The van der Waals surface area contributed by atoms with Crippen LogP contribution in [-0.4, -0.2) is 32.0 Å². The Morgan fingerprint density at radius 3 is 2.63 bits per heavy atom. The van der Waals surface area contributed by atoms with E-state index in [2.05, 4.69) is 10.4 Å². The first-order valence-corrected chi connectivity index (χ1v) is 11.7. The molecule has 0 saturated carbocycles. The molecule has 0 bridgehead atoms. The molecule has 0 spiro atoms. The highest BCUT2D eigenvalue weighted by molar-refractivity contribution is 6.30. The van der Waals surface area contributed by atoms with E-state index in [4.69, 9.17) is 16.0 Å². The molecule has 0 unspecified atom stereocenters. The largest absolute Gasteiger partial charge is 0.463 e. The number of rotatable bonds is 6. The summed E-state index contributed by atoms with van der Waals surface area (Å²) < 4.78 is 7.08. The van der Waals surface area contributed by atoms with Gasteiger partial charge in [0.15, 0.2) is 5.76 Å². The Morgan fingerprint density at radius 2 is 1.91 bits per heavy atom. The predicted molar refractivity (Wildman–Crippen MR) is 133 cm³/mol. The summed E-state index contributed by atoms with van der Waals surface area (Å²) in [4.78, 5) is 29.1. The van der Waals surface area contributed by atoms with E-state index in [1.165, 1.54) is 0 Å². The van der Waals surface area contributed by atoms with E-state index in [0.717, 1.165) is 16.7 Å². The lowest BCUT2D eigenvalue weighted by Gasteiger charge is -2.43. The summed E-state index contributed by atoms with van der Waals surface area (Å²) in [5.41, 5.74) is 2.77. The highest BCUT2D eigenvalue weighted by Gasteiger charge is 2.48. The lowest BCUT2D eigenvalue weighted by Crippen LogP contribution is -2.63. The average Bonchev–Trinajstić information content (AvgIpc) is 3.52. The van der Waals surface area contributed by atoms with Gasteiger partial charge in [-0.1, -0.05) is 48.0 Å². The maximum atomic E-state index is 13.8. The zero-order chi connectivity index (χ0) is 24.6. The molecule has 1 aliphatic rings. The molecule has 4 aromatic rings. The predicted octanol–water partition coefficient (Wildman–Crippen LogP) is 4.84. The van der Waals surface area contributed by atoms with E-state index in [-0.39, 0.29) is 18.4 Å². The normalized spacial score (nSPS) is 17.3. The SMILES string of the molecule is Cc1ccccc1CN1C(=O)c2cc(-c3ccco3)nn2C[C@]1(C)C(=O)NCc1ccc(Cl)cc1. The van der Waals surface area contributed by atoms with Crippen molar-refractivity contribution >= 4 is 23.4 Å². The fourth-order valence-electron chi connectivity index (χ4n) is 4.37. The number of hydrogen-bond donors (Lipinski definition) is 1. The highest BCUT2D eigenvalue weighted by atomic mass is 35.5. The summed E-state index contributed by atoms with van der Waals surface area (Å²) in [7, 11) is 0.